The lowest BCUT2D eigenvalue weighted by atomic mass is 10.2. The molecule has 0 unspecified atom stereocenters. The van der Waals surface area contributed by atoms with Crippen molar-refractivity contribution in [2.75, 3.05) is 13.7 Å². The minimum atomic E-state index is 0.471. The number of benzene rings is 1. The third-order valence-corrected chi connectivity index (χ3v) is 3.43. The van der Waals surface area contributed by atoms with Crippen LogP contribution < -0.4 is 14.8 Å². The number of hydrogen-bond acceptors (Lipinski definition) is 4. The van der Waals surface area contributed by atoms with Crippen molar-refractivity contribution in [3.8, 4) is 11.5 Å². The van der Waals surface area contributed by atoms with Gasteiger partial charge in [0.05, 0.1) is 7.11 Å². The molecule has 0 spiro atoms. The average Bonchev–Trinajstić information content (AvgIpc) is 2.51. The van der Waals surface area contributed by atoms with E-state index >= 15 is 0 Å². The van der Waals surface area contributed by atoms with E-state index < -0.39 is 0 Å². The Kier molecular flexibility index (Phi) is 6.02. The van der Waals surface area contributed by atoms with Crippen LogP contribution in [0.25, 0.3) is 0 Å². The van der Waals surface area contributed by atoms with Gasteiger partial charge in [-0.25, -0.2) is 0 Å². The maximum atomic E-state index is 5.94. The van der Waals surface area contributed by atoms with Crippen LogP contribution in [0.2, 0.25) is 0 Å². The van der Waals surface area contributed by atoms with E-state index in [1.807, 2.05) is 24.3 Å². The van der Waals surface area contributed by atoms with Crippen LogP contribution in [0.5, 0.6) is 11.5 Å². The van der Waals surface area contributed by atoms with Crippen LogP contribution in [0.1, 0.15) is 18.1 Å². The molecule has 5 heteroatoms. The van der Waals surface area contributed by atoms with Crippen LogP contribution in [0, 0.1) is 0 Å². The number of rotatable bonds is 7. The number of aromatic nitrogens is 1. The molecular formula is C16H19BrN2O2. The summed E-state index contributed by atoms with van der Waals surface area (Å²) in [6.07, 6.45) is 3.56. The molecule has 0 aliphatic carbocycles. The van der Waals surface area contributed by atoms with Crippen molar-refractivity contribution in [2.45, 2.75) is 20.1 Å². The van der Waals surface area contributed by atoms with Crippen molar-refractivity contribution in [1.29, 1.82) is 0 Å². The van der Waals surface area contributed by atoms with Gasteiger partial charge in [-0.2, -0.15) is 0 Å². The molecule has 0 atom stereocenters. The normalized spacial score (nSPS) is 10.4. The van der Waals surface area contributed by atoms with Crippen molar-refractivity contribution < 1.29 is 9.47 Å². The van der Waals surface area contributed by atoms with Gasteiger partial charge < -0.3 is 14.8 Å². The molecule has 4 nitrogen and oxygen atoms in total. The van der Waals surface area contributed by atoms with Crippen molar-refractivity contribution in [2.24, 2.45) is 0 Å². The Morgan fingerprint density at radius 2 is 2.10 bits per heavy atom. The van der Waals surface area contributed by atoms with E-state index in [-0.39, 0.29) is 0 Å². The number of ether oxygens (including phenoxy) is 2. The third-order valence-electron chi connectivity index (χ3n) is 3.00. The minimum absolute atomic E-state index is 0.471. The summed E-state index contributed by atoms with van der Waals surface area (Å²) in [7, 11) is 1.65. The lowest BCUT2D eigenvalue weighted by Crippen LogP contribution is -2.13. The minimum Gasteiger partial charge on any atom is -0.497 e. The van der Waals surface area contributed by atoms with Crippen LogP contribution in [-0.2, 0) is 13.2 Å². The summed E-state index contributed by atoms with van der Waals surface area (Å²) in [5.41, 5.74) is 2.13. The molecule has 0 saturated carbocycles. The largest absolute Gasteiger partial charge is 0.497 e. The summed E-state index contributed by atoms with van der Waals surface area (Å²) >= 11 is 3.41. The molecule has 1 aromatic carbocycles. The molecule has 21 heavy (non-hydrogen) atoms. The Morgan fingerprint density at radius 1 is 1.24 bits per heavy atom. The maximum Gasteiger partial charge on any atom is 0.127 e. The zero-order valence-electron chi connectivity index (χ0n) is 12.2. The summed E-state index contributed by atoms with van der Waals surface area (Å²) in [6, 6.07) is 7.88. The molecule has 1 heterocycles. The number of nitrogens with one attached hydrogen (secondary N) is 1. The molecule has 0 saturated heterocycles. The number of halogens is 1. The molecule has 0 aliphatic rings. The SMILES string of the molecule is CCNCc1ccc(OC)cc1OCc1cncc(Br)c1. The van der Waals surface area contributed by atoms with E-state index in [1.54, 1.807) is 19.5 Å². The molecular weight excluding hydrogens is 332 g/mol. The van der Waals surface area contributed by atoms with Crippen LogP contribution in [0.4, 0.5) is 0 Å². The molecule has 0 amide bonds. The lowest BCUT2D eigenvalue weighted by Gasteiger charge is -2.13. The standard InChI is InChI=1S/C16H19BrN2O2/c1-3-18-9-13-4-5-15(20-2)7-16(13)21-11-12-6-14(17)10-19-8-12/h4-8,10,18H,3,9,11H2,1-2H3. The summed E-state index contributed by atoms with van der Waals surface area (Å²) in [5.74, 6) is 1.62. The van der Waals surface area contributed by atoms with Gasteiger partial charge in [0, 0.05) is 40.6 Å². The van der Waals surface area contributed by atoms with Gasteiger partial charge >= 0.3 is 0 Å². The molecule has 1 N–H and O–H groups in total. The van der Waals surface area contributed by atoms with Crippen molar-refractivity contribution in [1.82, 2.24) is 10.3 Å². The highest BCUT2D eigenvalue weighted by Gasteiger charge is 2.06. The number of pyridine rings is 1. The van der Waals surface area contributed by atoms with E-state index in [9.17, 15) is 0 Å². The molecule has 2 aromatic rings. The van der Waals surface area contributed by atoms with Gasteiger partial charge in [-0.15, -0.1) is 0 Å². The maximum absolute atomic E-state index is 5.94. The highest BCUT2D eigenvalue weighted by molar-refractivity contribution is 9.10. The Hall–Kier alpha value is -1.59. The predicted octanol–water partition coefficient (Wildman–Crippen LogP) is 3.54. The van der Waals surface area contributed by atoms with E-state index in [0.717, 1.165) is 40.2 Å². The topological polar surface area (TPSA) is 43.4 Å². The second kappa shape index (κ2) is 8.00. The van der Waals surface area contributed by atoms with Crippen molar-refractivity contribution in [3.05, 3.63) is 52.3 Å². The second-order valence-electron chi connectivity index (χ2n) is 4.55. The molecule has 112 valence electrons. The van der Waals surface area contributed by atoms with Crippen LogP contribution in [0.15, 0.2) is 41.1 Å². The van der Waals surface area contributed by atoms with Gasteiger partial charge in [0.25, 0.3) is 0 Å². The number of nitrogens with zero attached hydrogens (tertiary/aromatic N) is 1. The van der Waals surface area contributed by atoms with E-state index in [1.165, 1.54) is 0 Å². The van der Waals surface area contributed by atoms with Crippen LogP contribution >= 0.6 is 15.9 Å². The zero-order chi connectivity index (χ0) is 15.1. The molecule has 0 fully saturated rings. The molecule has 1 aromatic heterocycles. The zero-order valence-corrected chi connectivity index (χ0v) is 13.8. The van der Waals surface area contributed by atoms with Gasteiger partial charge in [0.15, 0.2) is 0 Å². The fourth-order valence-corrected chi connectivity index (χ4v) is 2.31. The second-order valence-corrected chi connectivity index (χ2v) is 5.47. The monoisotopic (exact) mass is 350 g/mol. The van der Waals surface area contributed by atoms with Crippen molar-refractivity contribution in [3.63, 3.8) is 0 Å². The van der Waals surface area contributed by atoms with Crippen LogP contribution in [0.3, 0.4) is 0 Å². The first kappa shape index (κ1) is 15.8. The number of hydrogen-bond donors (Lipinski definition) is 1. The summed E-state index contributed by atoms with van der Waals surface area (Å²) in [6.45, 7) is 4.24. The Bertz CT molecular complexity index is 590. The first-order chi connectivity index (χ1) is 10.2. The van der Waals surface area contributed by atoms with E-state index in [2.05, 4.69) is 33.2 Å². The first-order valence-corrected chi connectivity index (χ1v) is 7.62. The van der Waals surface area contributed by atoms with Gasteiger partial charge in [-0.05, 0) is 34.6 Å². The quantitative estimate of drug-likeness (QED) is 0.829. The van der Waals surface area contributed by atoms with Gasteiger partial charge in [0.2, 0.25) is 0 Å². The highest BCUT2D eigenvalue weighted by Crippen LogP contribution is 2.26. The smallest absolute Gasteiger partial charge is 0.127 e. The summed E-state index contributed by atoms with van der Waals surface area (Å²) < 4.78 is 12.1. The Labute approximate surface area is 133 Å². The van der Waals surface area contributed by atoms with Gasteiger partial charge in [-0.1, -0.05) is 13.0 Å². The third kappa shape index (κ3) is 4.72. The Balaban J connectivity index is 2.12. The summed E-state index contributed by atoms with van der Waals surface area (Å²) in [4.78, 5) is 4.14. The van der Waals surface area contributed by atoms with Crippen LogP contribution in [-0.4, -0.2) is 18.6 Å². The van der Waals surface area contributed by atoms with Crippen molar-refractivity contribution >= 4 is 15.9 Å². The predicted molar refractivity (Wildman–Crippen MR) is 86.6 cm³/mol. The van der Waals surface area contributed by atoms with E-state index in [0.29, 0.717) is 6.61 Å². The number of methoxy groups -OCH3 is 1. The average molecular weight is 351 g/mol. The summed E-state index contributed by atoms with van der Waals surface area (Å²) in [5, 5.41) is 3.31. The Morgan fingerprint density at radius 3 is 2.81 bits per heavy atom. The fourth-order valence-electron chi connectivity index (χ4n) is 1.90. The molecule has 0 bridgehead atoms. The fraction of sp³-hybridized carbons (Fsp3) is 0.312. The first-order valence-electron chi connectivity index (χ1n) is 6.82. The highest BCUT2D eigenvalue weighted by atomic mass is 79.9. The van der Waals surface area contributed by atoms with Gasteiger partial charge in [-0.3, -0.25) is 4.98 Å². The van der Waals surface area contributed by atoms with Gasteiger partial charge in [0.1, 0.15) is 18.1 Å². The lowest BCUT2D eigenvalue weighted by molar-refractivity contribution is 0.299. The van der Waals surface area contributed by atoms with E-state index in [4.69, 9.17) is 9.47 Å². The molecule has 0 radical (unpaired) electrons. The molecule has 0 aliphatic heterocycles. The molecule has 2 rings (SSSR count).